The van der Waals surface area contributed by atoms with Gasteiger partial charge in [0, 0.05) is 19.7 Å². The van der Waals surface area contributed by atoms with Gasteiger partial charge in [0.15, 0.2) is 0 Å². The zero-order valence-corrected chi connectivity index (χ0v) is 17.5. The molecule has 29 heavy (non-hydrogen) atoms. The first kappa shape index (κ1) is 22.7. The molecule has 0 radical (unpaired) electrons. The molecule has 8 nitrogen and oxygen atoms in total. The number of rotatable bonds is 11. The Balaban J connectivity index is 2.18. The van der Waals surface area contributed by atoms with Gasteiger partial charge in [-0.3, -0.25) is 0 Å². The predicted octanol–water partition coefficient (Wildman–Crippen LogP) is 2.36. The molecule has 0 aliphatic rings. The van der Waals surface area contributed by atoms with Gasteiger partial charge in [0.05, 0.1) is 25.0 Å². The van der Waals surface area contributed by atoms with E-state index in [-0.39, 0.29) is 23.0 Å². The molecular formula is C20H26N2O6S. The van der Waals surface area contributed by atoms with Crippen LogP contribution in [-0.2, 0) is 21.2 Å². The van der Waals surface area contributed by atoms with Crippen LogP contribution in [-0.4, -0.2) is 52.9 Å². The minimum Gasteiger partial charge on any atom is -0.497 e. The molecule has 0 heterocycles. The van der Waals surface area contributed by atoms with E-state index in [1.807, 2.05) is 19.1 Å². The third kappa shape index (κ3) is 6.45. The van der Waals surface area contributed by atoms with E-state index in [2.05, 4.69) is 10.0 Å². The third-order valence-corrected chi connectivity index (χ3v) is 5.70. The zero-order chi connectivity index (χ0) is 21.4. The number of methoxy groups -OCH3 is 2. The van der Waals surface area contributed by atoms with Crippen molar-refractivity contribution in [3.05, 3.63) is 53.6 Å². The van der Waals surface area contributed by atoms with Gasteiger partial charge >= 0.3 is 5.97 Å². The van der Waals surface area contributed by atoms with Crippen molar-refractivity contribution in [2.24, 2.45) is 0 Å². The van der Waals surface area contributed by atoms with Crippen LogP contribution < -0.4 is 14.8 Å². The van der Waals surface area contributed by atoms with E-state index in [4.69, 9.17) is 9.47 Å². The lowest BCUT2D eigenvalue weighted by atomic mass is 10.1. The lowest BCUT2D eigenvalue weighted by Gasteiger charge is -2.18. The van der Waals surface area contributed by atoms with Crippen LogP contribution in [0, 0.1) is 0 Å². The summed E-state index contributed by atoms with van der Waals surface area (Å²) in [7, 11) is -0.809. The van der Waals surface area contributed by atoms with Gasteiger partial charge < -0.3 is 19.9 Å². The Bertz CT molecular complexity index is 928. The number of anilines is 1. The van der Waals surface area contributed by atoms with Crippen LogP contribution in [0.25, 0.3) is 0 Å². The summed E-state index contributed by atoms with van der Waals surface area (Å²) in [5.74, 6) is -0.475. The fraction of sp³-hybridized carbons (Fsp3) is 0.350. The predicted molar refractivity (Wildman–Crippen MR) is 110 cm³/mol. The number of sulfonamides is 1. The molecule has 3 N–H and O–H groups in total. The first-order chi connectivity index (χ1) is 13.8. The summed E-state index contributed by atoms with van der Waals surface area (Å²) in [6.45, 7) is 2.37. The van der Waals surface area contributed by atoms with Gasteiger partial charge in [-0.2, -0.15) is 0 Å². The van der Waals surface area contributed by atoms with E-state index >= 15 is 0 Å². The second-order valence-corrected chi connectivity index (χ2v) is 8.25. The summed E-state index contributed by atoms with van der Waals surface area (Å²) in [6, 6.07) is 11.1. The Morgan fingerprint density at radius 3 is 2.41 bits per heavy atom. The Hall–Kier alpha value is -2.62. The first-order valence-electron chi connectivity index (χ1n) is 9.02. The molecule has 2 rings (SSSR count). The van der Waals surface area contributed by atoms with Gasteiger partial charge in [0.1, 0.15) is 10.6 Å². The highest BCUT2D eigenvalue weighted by molar-refractivity contribution is 7.89. The minimum absolute atomic E-state index is 0.106. The number of hydrogen-bond donors (Lipinski definition) is 3. The molecule has 0 bridgehead atoms. The summed E-state index contributed by atoms with van der Waals surface area (Å²) < 4.78 is 38.4. The number of aromatic carboxylic acids is 1. The fourth-order valence-electron chi connectivity index (χ4n) is 2.75. The lowest BCUT2D eigenvalue weighted by molar-refractivity contribution is 0.0696. The Morgan fingerprint density at radius 2 is 1.83 bits per heavy atom. The molecule has 158 valence electrons. The summed E-state index contributed by atoms with van der Waals surface area (Å²) in [5.41, 5.74) is 1.15. The molecule has 0 aromatic heterocycles. The number of benzene rings is 2. The second kappa shape index (κ2) is 10.2. The van der Waals surface area contributed by atoms with Gasteiger partial charge in [0.25, 0.3) is 0 Å². The number of hydrogen-bond acceptors (Lipinski definition) is 6. The highest BCUT2D eigenvalue weighted by Crippen LogP contribution is 2.24. The van der Waals surface area contributed by atoms with Crippen molar-refractivity contribution >= 4 is 21.7 Å². The number of nitrogens with one attached hydrogen (secondary N) is 2. The van der Waals surface area contributed by atoms with Crippen LogP contribution in [0.4, 0.5) is 5.69 Å². The normalized spacial score (nSPS) is 12.4. The van der Waals surface area contributed by atoms with Crippen molar-refractivity contribution < 1.29 is 27.8 Å². The van der Waals surface area contributed by atoms with E-state index in [0.29, 0.717) is 18.7 Å². The molecule has 9 heteroatoms. The van der Waals surface area contributed by atoms with Crippen molar-refractivity contribution in [3.8, 4) is 5.75 Å². The average molecular weight is 423 g/mol. The Kier molecular flexibility index (Phi) is 8.00. The maximum Gasteiger partial charge on any atom is 0.335 e. The first-order valence-corrected chi connectivity index (χ1v) is 10.5. The van der Waals surface area contributed by atoms with Crippen molar-refractivity contribution in [2.75, 3.05) is 32.7 Å². The highest BCUT2D eigenvalue weighted by atomic mass is 32.2. The molecule has 0 aliphatic heterocycles. The molecule has 0 saturated carbocycles. The summed E-state index contributed by atoms with van der Waals surface area (Å²) in [6.07, 6.45) is 0.477. The number of carbonyl (C=O) groups is 1. The Morgan fingerprint density at radius 1 is 1.14 bits per heavy atom. The largest absolute Gasteiger partial charge is 0.497 e. The smallest absolute Gasteiger partial charge is 0.335 e. The lowest BCUT2D eigenvalue weighted by Crippen LogP contribution is -2.28. The van der Waals surface area contributed by atoms with E-state index in [9.17, 15) is 18.3 Å². The fourth-order valence-corrected chi connectivity index (χ4v) is 3.98. The monoisotopic (exact) mass is 422 g/mol. The summed E-state index contributed by atoms with van der Waals surface area (Å²) in [4.78, 5) is 11.2. The second-order valence-electron chi connectivity index (χ2n) is 6.51. The van der Waals surface area contributed by atoms with Gasteiger partial charge in [-0.15, -0.1) is 0 Å². The van der Waals surface area contributed by atoms with Crippen LogP contribution in [0.2, 0.25) is 0 Å². The minimum atomic E-state index is -3.93. The molecule has 0 amide bonds. The summed E-state index contributed by atoms with van der Waals surface area (Å²) in [5, 5.41) is 12.3. The van der Waals surface area contributed by atoms with Gasteiger partial charge in [-0.25, -0.2) is 17.9 Å². The molecule has 1 atom stereocenters. The number of carboxylic acids is 1. The highest BCUT2D eigenvalue weighted by Gasteiger charge is 2.21. The van der Waals surface area contributed by atoms with E-state index in [0.717, 1.165) is 17.4 Å². The van der Waals surface area contributed by atoms with Gasteiger partial charge in [-0.05, 0) is 49.2 Å². The van der Waals surface area contributed by atoms with Gasteiger partial charge in [0.2, 0.25) is 10.0 Å². The topological polar surface area (TPSA) is 114 Å². The quantitative estimate of drug-likeness (QED) is 0.509. The molecule has 2 aromatic rings. The third-order valence-electron chi connectivity index (χ3n) is 4.20. The van der Waals surface area contributed by atoms with Crippen molar-refractivity contribution in [3.63, 3.8) is 0 Å². The summed E-state index contributed by atoms with van der Waals surface area (Å²) >= 11 is 0. The van der Waals surface area contributed by atoms with Crippen molar-refractivity contribution in [1.82, 2.24) is 4.72 Å². The molecule has 0 fully saturated rings. The SMILES string of the molecule is COC[C@@H](C)Nc1ccc(C(=O)O)cc1S(=O)(=O)NCCc1ccc(OC)cc1. The van der Waals surface area contributed by atoms with Gasteiger partial charge in [-0.1, -0.05) is 12.1 Å². The van der Waals surface area contributed by atoms with Crippen molar-refractivity contribution in [1.29, 1.82) is 0 Å². The maximum atomic E-state index is 12.9. The molecule has 0 spiro atoms. The van der Waals surface area contributed by atoms with E-state index < -0.39 is 16.0 Å². The number of ether oxygens (including phenoxy) is 2. The molecule has 0 unspecified atom stereocenters. The van der Waals surface area contributed by atoms with Crippen molar-refractivity contribution in [2.45, 2.75) is 24.3 Å². The maximum absolute atomic E-state index is 12.9. The van der Waals surface area contributed by atoms with Crippen LogP contribution in [0.5, 0.6) is 5.75 Å². The van der Waals surface area contributed by atoms with Crippen LogP contribution >= 0.6 is 0 Å². The number of carboxylic acid groups (broad SMARTS) is 1. The standard InChI is InChI=1S/C20H26N2O6S/c1-14(13-27-2)22-18-9-6-16(20(23)24)12-19(18)29(25,26)21-11-10-15-4-7-17(28-3)8-5-15/h4-9,12,14,21-22H,10-11,13H2,1-3H3,(H,23,24)/t14-/m1/s1. The molecule has 0 aliphatic carbocycles. The Labute approximate surface area is 170 Å². The van der Waals surface area contributed by atoms with Crippen LogP contribution in [0.3, 0.4) is 0 Å². The average Bonchev–Trinajstić information content (AvgIpc) is 2.68. The molecule has 2 aromatic carbocycles. The molecular weight excluding hydrogens is 396 g/mol. The van der Waals surface area contributed by atoms with Crippen LogP contribution in [0.1, 0.15) is 22.8 Å². The zero-order valence-electron chi connectivity index (χ0n) is 16.6. The van der Waals surface area contributed by atoms with Crippen LogP contribution in [0.15, 0.2) is 47.4 Å². The van der Waals surface area contributed by atoms with E-state index in [1.54, 1.807) is 26.4 Å². The van der Waals surface area contributed by atoms with E-state index in [1.165, 1.54) is 12.1 Å². The molecule has 0 saturated heterocycles.